The van der Waals surface area contributed by atoms with Crippen molar-refractivity contribution < 1.29 is 9.18 Å². The number of aromatic nitrogens is 2. The normalized spacial score (nSPS) is 10.1. The Balaban J connectivity index is 2.19. The van der Waals surface area contributed by atoms with E-state index in [0.717, 1.165) is 5.56 Å². The maximum absolute atomic E-state index is 12.0. The molecule has 6 heteroatoms. The zero-order valence-corrected chi connectivity index (χ0v) is 9.31. The minimum atomic E-state index is -1.05. The maximum Gasteiger partial charge on any atom is 0.264 e. The lowest BCUT2D eigenvalue weighted by Gasteiger charge is -2.04. The van der Waals surface area contributed by atoms with E-state index >= 15 is 0 Å². The third-order valence-corrected chi connectivity index (χ3v) is 2.26. The molecule has 0 aliphatic rings. The van der Waals surface area contributed by atoms with Gasteiger partial charge in [0.05, 0.1) is 5.69 Å². The van der Waals surface area contributed by atoms with Gasteiger partial charge >= 0.3 is 0 Å². The molecule has 0 saturated carbocycles. The molecule has 0 spiro atoms. The molecule has 2 aromatic rings. The molecule has 0 radical (unpaired) electrons. The molecule has 1 aromatic heterocycles. The van der Waals surface area contributed by atoms with Gasteiger partial charge in [0.2, 0.25) is 0 Å². The van der Waals surface area contributed by atoms with Gasteiger partial charge in [-0.1, -0.05) is 12.1 Å². The first-order valence-electron chi connectivity index (χ1n) is 5.21. The summed E-state index contributed by atoms with van der Waals surface area (Å²) >= 11 is 0. The van der Waals surface area contributed by atoms with E-state index in [4.69, 9.17) is 0 Å². The van der Waals surface area contributed by atoms with Gasteiger partial charge in [-0.15, -0.1) is 0 Å². The lowest BCUT2D eigenvalue weighted by atomic mass is 10.1. The predicted octanol–water partition coefficient (Wildman–Crippen LogP) is 1.34. The van der Waals surface area contributed by atoms with E-state index in [0.29, 0.717) is 11.4 Å². The van der Waals surface area contributed by atoms with Crippen molar-refractivity contribution in [3.63, 3.8) is 0 Å². The SMILES string of the molecule is O=C(CF)Nc1ccc(-c2ccc(=O)[nH]n2)cc1. The van der Waals surface area contributed by atoms with Crippen LogP contribution in [-0.2, 0) is 4.79 Å². The second kappa shape index (κ2) is 5.22. The Hall–Kier alpha value is -2.50. The first-order valence-corrected chi connectivity index (χ1v) is 5.21. The number of hydrogen-bond donors (Lipinski definition) is 2. The van der Waals surface area contributed by atoms with Crippen LogP contribution in [0.25, 0.3) is 11.3 Å². The summed E-state index contributed by atoms with van der Waals surface area (Å²) in [5.74, 6) is -0.690. The summed E-state index contributed by atoms with van der Waals surface area (Å²) in [6.07, 6.45) is 0. The van der Waals surface area contributed by atoms with Gasteiger partial charge in [0.15, 0.2) is 6.67 Å². The molecule has 5 nitrogen and oxygen atoms in total. The van der Waals surface area contributed by atoms with Crippen LogP contribution >= 0.6 is 0 Å². The number of carbonyl (C=O) groups is 1. The summed E-state index contributed by atoms with van der Waals surface area (Å²) in [5.41, 5.74) is 1.62. The maximum atomic E-state index is 12.0. The largest absolute Gasteiger partial charge is 0.324 e. The van der Waals surface area contributed by atoms with Crippen molar-refractivity contribution in [2.75, 3.05) is 12.0 Å². The number of nitrogens with zero attached hydrogens (tertiary/aromatic N) is 1. The number of rotatable bonds is 3. The van der Waals surface area contributed by atoms with E-state index in [1.807, 2.05) is 0 Å². The Kier molecular flexibility index (Phi) is 3.47. The molecule has 1 aromatic carbocycles. The number of halogens is 1. The number of amides is 1. The third-order valence-electron chi connectivity index (χ3n) is 2.26. The van der Waals surface area contributed by atoms with Crippen LogP contribution in [0.5, 0.6) is 0 Å². The molecular formula is C12H10FN3O2. The van der Waals surface area contributed by atoms with Gasteiger partial charge in [0, 0.05) is 17.3 Å². The molecule has 2 N–H and O–H groups in total. The highest BCUT2D eigenvalue weighted by molar-refractivity contribution is 5.91. The fraction of sp³-hybridized carbons (Fsp3) is 0.0833. The van der Waals surface area contributed by atoms with Crippen LogP contribution in [0.15, 0.2) is 41.2 Å². The zero-order valence-electron chi connectivity index (χ0n) is 9.31. The van der Waals surface area contributed by atoms with E-state index in [1.165, 1.54) is 6.07 Å². The second-order valence-electron chi connectivity index (χ2n) is 3.57. The quantitative estimate of drug-likeness (QED) is 0.859. The fourth-order valence-electron chi connectivity index (χ4n) is 1.42. The highest BCUT2D eigenvalue weighted by Gasteiger charge is 2.02. The second-order valence-corrected chi connectivity index (χ2v) is 3.57. The van der Waals surface area contributed by atoms with Crippen molar-refractivity contribution >= 4 is 11.6 Å². The van der Waals surface area contributed by atoms with Crippen molar-refractivity contribution in [2.45, 2.75) is 0 Å². The molecule has 0 atom stereocenters. The number of nitrogens with one attached hydrogen (secondary N) is 2. The van der Waals surface area contributed by atoms with Gasteiger partial charge < -0.3 is 5.32 Å². The van der Waals surface area contributed by atoms with E-state index in [2.05, 4.69) is 15.5 Å². The number of aromatic amines is 1. The zero-order chi connectivity index (χ0) is 13.0. The molecule has 0 fully saturated rings. The summed E-state index contributed by atoms with van der Waals surface area (Å²) in [6.45, 7) is -1.05. The molecule has 0 aliphatic heterocycles. The van der Waals surface area contributed by atoms with Crippen LogP contribution in [0, 0.1) is 0 Å². The summed E-state index contributed by atoms with van der Waals surface area (Å²) in [6, 6.07) is 9.67. The van der Waals surface area contributed by atoms with E-state index in [1.54, 1.807) is 30.3 Å². The number of anilines is 1. The van der Waals surface area contributed by atoms with Crippen LogP contribution in [-0.4, -0.2) is 22.8 Å². The van der Waals surface area contributed by atoms with Crippen molar-refractivity contribution in [1.82, 2.24) is 10.2 Å². The monoisotopic (exact) mass is 247 g/mol. The Labute approximate surface area is 102 Å². The standard InChI is InChI=1S/C12H10FN3O2/c13-7-12(18)14-9-3-1-8(2-4-9)10-5-6-11(17)16-15-10/h1-6H,7H2,(H,14,18)(H,16,17). The number of benzene rings is 1. The highest BCUT2D eigenvalue weighted by atomic mass is 19.1. The average molecular weight is 247 g/mol. The molecule has 1 amide bonds. The number of hydrogen-bond acceptors (Lipinski definition) is 3. The minimum absolute atomic E-state index is 0.273. The lowest BCUT2D eigenvalue weighted by Crippen LogP contribution is -2.12. The molecule has 0 bridgehead atoms. The molecule has 0 aliphatic carbocycles. The number of H-pyrrole nitrogens is 1. The van der Waals surface area contributed by atoms with Crippen LogP contribution in [0.3, 0.4) is 0 Å². The highest BCUT2D eigenvalue weighted by Crippen LogP contribution is 2.18. The minimum Gasteiger partial charge on any atom is -0.324 e. The first-order chi connectivity index (χ1) is 8.69. The molecule has 92 valence electrons. The van der Waals surface area contributed by atoms with Gasteiger partial charge in [0.25, 0.3) is 11.5 Å². The summed E-state index contributed by atoms with van der Waals surface area (Å²) < 4.78 is 12.0. The van der Waals surface area contributed by atoms with Crippen LogP contribution < -0.4 is 10.9 Å². The third kappa shape index (κ3) is 2.79. The lowest BCUT2D eigenvalue weighted by molar-refractivity contribution is -0.117. The summed E-state index contributed by atoms with van der Waals surface area (Å²) in [5, 5.41) is 8.59. The van der Waals surface area contributed by atoms with Crippen LogP contribution in [0.4, 0.5) is 10.1 Å². The van der Waals surface area contributed by atoms with E-state index in [-0.39, 0.29) is 5.56 Å². The van der Waals surface area contributed by atoms with E-state index < -0.39 is 12.6 Å². The number of carbonyl (C=O) groups excluding carboxylic acids is 1. The van der Waals surface area contributed by atoms with Crippen LogP contribution in [0.1, 0.15) is 0 Å². The van der Waals surface area contributed by atoms with Crippen molar-refractivity contribution in [1.29, 1.82) is 0 Å². The molecule has 0 unspecified atom stereocenters. The Bertz CT molecular complexity index is 587. The fourth-order valence-corrected chi connectivity index (χ4v) is 1.42. The van der Waals surface area contributed by atoms with Crippen molar-refractivity contribution in [3.8, 4) is 11.3 Å². The average Bonchev–Trinajstić information content (AvgIpc) is 2.40. The topological polar surface area (TPSA) is 74.8 Å². The van der Waals surface area contributed by atoms with E-state index in [9.17, 15) is 14.0 Å². The van der Waals surface area contributed by atoms with Crippen molar-refractivity contribution in [2.24, 2.45) is 0 Å². The van der Waals surface area contributed by atoms with Gasteiger partial charge in [-0.3, -0.25) is 9.59 Å². The molecule has 1 heterocycles. The number of alkyl halides is 1. The molecule has 18 heavy (non-hydrogen) atoms. The smallest absolute Gasteiger partial charge is 0.264 e. The van der Waals surface area contributed by atoms with Gasteiger partial charge in [0.1, 0.15) is 0 Å². The summed E-state index contributed by atoms with van der Waals surface area (Å²) in [7, 11) is 0. The Morgan fingerprint density at radius 1 is 1.22 bits per heavy atom. The molecular weight excluding hydrogens is 237 g/mol. The summed E-state index contributed by atoms with van der Waals surface area (Å²) in [4.78, 5) is 21.7. The van der Waals surface area contributed by atoms with Gasteiger partial charge in [-0.2, -0.15) is 5.10 Å². The predicted molar refractivity (Wildman–Crippen MR) is 64.9 cm³/mol. The van der Waals surface area contributed by atoms with Gasteiger partial charge in [-0.25, -0.2) is 9.49 Å². The Morgan fingerprint density at radius 3 is 2.50 bits per heavy atom. The molecule has 2 rings (SSSR count). The molecule has 0 saturated heterocycles. The first kappa shape index (κ1) is 12.0. The Morgan fingerprint density at radius 2 is 1.94 bits per heavy atom. The van der Waals surface area contributed by atoms with Crippen LogP contribution in [0.2, 0.25) is 0 Å². The van der Waals surface area contributed by atoms with Gasteiger partial charge in [-0.05, 0) is 18.2 Å². The van der Waals surface area contributed by atoms with Crippen molar-refractivity contribution in [3.05, 3.63) is 46.8 Å².